The van der Waals surface area contributed by atoms with Crippen LogP contribution in [0.2, 0.25) is 5.02 Å². The van der Waals surface area contributed by atoms with Crippen molar-refractivity contribution < 1.29 is 0 Å². The van der Waals surface area contributed by atoms with Gasteiger partial charge in [-0.15, -0.1) is 0 Å². The Bertz CT molecular complexity index is 731. The summed E-state index contributed by atoms with van der Waals surface area (Å²) < 4.78 is 2.12. The van der Waals surface area contributed by atoms with E-state index < -0.39 is 0 Å². The minimum absolute atomic E-state index is 0.644. The van der Waals surface area contributed by atoms with Crippen molar-refractivity contribution in [3.63, 3.8) is 0 Å². The molecule has 4 nitrogen and oxygen atoms in total. The third kappa shape index (κ3) is 2.04. The monoisotopic (exact) mass is 272 g/mol. The number of imidazole rings is 1. The molecule has 0 aliphatic heterocycles. The minimum atomic E-state index is 0.644. The highest BCUT2D eigenvalue weighted by atomic mass is 35.5. The van der Waals surface area contributed by atoms with E-state index in [0.717, 1.165) is 29.1 Å². The number of nitrogens with two attached hydrogens (primary N) is 1. The highest BCUT2D eigenvalue weighted by Crippen LogP contribution is 2.25. The molecule has 0 unspecified atom stereocenters. The van der Waals surface area contributed by atoms with Gasteiger partial charge in [0.15, 0.2) is 5.82 Å². The molecule has 0 spiro atoms. The number of pyridine rings is 1. The first-order valence-corrected chi connectivity index (χ1v) is 6.44. The van der Waals surface area contributed by atoms with Crippen molar-refractivity contribution in [2.24, 2.45) is 0 Å². The fraction of sp³-hybridized carbons (Fsp3) is 0.143. The Kier molecular flexibility index (Phi) is 2.87. The molecule has 3 aromatic rings. The van der Waals surface area contributed by atoms with Crippen LogP contribution in [-0.4, -0.2) is 14.5 Å². The molecule has 0 saturated carbocycles. The van der Waals surface area contributed by atoms with Crippen LogP contribution < -0.4 is 5.73 Å². The smallest absolute Gasteiger partial charge is 0.159 e. The number of nitrogens with zero attached hydrogens (tertiary/aromatic N) is 3. The third-order valence-corrected chi connectivity index (χ3v) is 3.28. The van der Waals surface area contributed by atoms with Crippen molar-refractivity contribution in [3.05, 3.63) is 41.6 Å². The molecular formula is C14H13ClN4. The molecule has 0 amide bonds. The molecule has 0 atom stereocenters. The topological polar surface area (TPSA) is 56.7 Å². The first kappa shape index (κ1) is 12.0. The second-order valence-electron chi connectivity index (χ2n) is 4.29. The number of aromatic nitrogens is 3. The molecule has 0 radical (unpaired) electrons. The first-order valence-electron chi connectivity index (χ1n) is 6.06. The lowest BCUT2D eigenvalue weighted by Crippen LogP contribution is -1.99. The molecule has 1 aromatic carbocycles. The molecule has 0 aliphatic rings. The Morgan fingerprint density at radius 3 is 2.79 bits per heavy atom. The van der Waals surface area contributed by atoms with Crippen molar-refractivity contribution in [2.75, 3.05) is 5.73 Å². The maximum Gasteiger partial charge on any atom is 0.159 e. The normalized spacial score (nSPS) is 11.1. The van der Waals surface area contributed by atoms with Crippen LogP contribution in [0.5, 0.6) is 0 Å². The van der Waals surface area contributed by atoms with Gasteiger partial charge in [0.05, 0.1) is 22.9 Å². The lowest BCUT2D eigenvalue weighted by Gasteiger charge is -2.05. The highest BCUT2D eigenvalue weighted by Gasteiger charge is 2.12. The number of anilines is 1. The standard InChI is InChI=1S/C14H13ClN4/c1-2-19-13-6-3-9(15)7-12(13)18-14(19)11-5-4-10(16)8-17-11/h3-8H,2,16H2,1H3. The van der Waals surface area contributed by atoms with Crippen LogP contribution >= 0.6 is 11.6 Å². The summed E-state index contributed by atoms with van der Waals surface area (Å²) in [5, 5.41) is 0.685. The van der Waals surface area contributed by atoms with Gasteiger partial charge in [-0.1, -0.05) is 11.6 Å². The third-order valence-electron chi connectivity index (χ3n) is 3.04. The van der Waals surface area contributed by atoms with Crippen molar-refractivity contribution >= 4 is 28.3 Å². The molecular weight excluding hydrogens is 260 g/mol. The van der Waals surface area contributed by atoms with Crippen molar-refractivity contribution in [1.29, 1.82) is 0 Å². The zero-order valence-corrected chi connectivity index (χ0v) is 11.2. The molecule has 0 aliphatic carbocycles. The van der Waals surface area contributed by atoms with Gasteiger partial charge in [-0.2, -0.15) is 0 Å². The SMILES string of the molecule is CCn1c(-c2ccc(N)cn2)nc2cc(Cl)ccc21. The van der Waals surface area contributed by atoms with Crippen LogP contribution in [0, 0.1) is 0 Å². The van der Waals surface area contributed by atoms with Gasteiger partial charge in [0.2, 0.25) is 0 Å². The minimum Gasteiger partial charge on any atom is -0.397 e. The van der Waals surface area contributed by atoms with Gasteiger partial charge in [0.1, 0.15) is 5.69 Å². The summed E-state index contributed by atoms with van der Waals surface area (Å²) in [5.74, 6) is 0.833. The largest absolute Gasteiger partial charge is 0.397 e. The molecule has 0 saturated heterocycles. The van der Waals surface area contributed by atoms with Gasteiger partial charge >= 0.3 is 0 Å². The van der Waals surface area contributed by atoms with E-state index in [0.29, 0.717) is 10.7 Å². The van der Waals surface area contributed by atoms with Gasteiger partial charge in [0, 0.05) is 11.6 Å². The van der Waals surface area contributed by atoms with Crippen molar-refractivity contribution in [3.8, 4) is 11.5 Å². The van der Waals surface area contributed by atoms with Crippen LogP contribution in [-0.2, 0) is 6.54 Å². The second kappa shape index (κ2) is 4.55. The Hall–Kier alpha value is -2.07. The van der Waals surface area contributed by atoms with Crippen LogP contribution in [0.4, 0.5) is 5.69 Å². The van der Waals surface area contributed by atoms with Crippen molar-refractivity contribution in [2.45, 2.75) is 13.5 Å². The number of nitrogen functional groups attached to an aromatic ring is 1. The quantitative estimate of drug-likeness (QED) is 0.778. The van der Waals surface area contributed by atoms with Crippen LogP contribution in [0.25, 0.3) is 22.6 Å². The molecule has 2 aromatic heterocycles. The molecule has 0 bridgehead atoms. The van der Waals surface area contributed by atoms with E-state index in [2.05, 4.69) is 21.5 Å². The average molecular weight is 273 g/mol. The summed E-state index contributed by atoms with van der Waals surface area (Å²) in [6.45, 7) is 2.90. The predicted molar refractivity (Wildman–Crippen MR) is 78.1 cm³/mol. The van der Waals surface area contributed by atoms with E-state index in [1.807, 2.05) is 30.3 Å². The summed E-state index contributed by atoms with van der Waals surface area (Å²) in [7, 11) is 0. The molecule has 5 heteroatoms. The fourth-order valence-electron chi connectivity index (χ4n) is 2.16. The van der Waals surface area contributed by atoms with Crippen LogP contribution in [0.3, 0.4) is 0 Å². The number of fused-ring (bicyclic) bond motifs is 1. The Morgan fingerprint density at radius 2 is 2.11 bits per heavy atom. The molecule has 0 fully saturated rings. The van der Waals surface area contributed by atoms with Gasteiger partial charge in [0.25, 0.3) is 0 Å². The summed E-state index contributed by atoms with van der Waals surface area (Å²) >= 11 is 6.01. The molecule has 96 valence electrons. The Labute approximate surface area is 115 Å². The maximum atomic E-state index is 6.01. The molecule has 2 heterocycles. The predicted octanol–water partition coefficient (Wildman–Crippen LogP) is 3.35. The van der Waals surface area contributed by atoms with Gasteiger partial charge in [-0.25, -0.2) is 4.98 Å². The first-order chi connectivity index (χ1) is 9.19. The Balaban J connectivity index is 2.25. The van der Waals surface area contributed by atoms with Crippen molar-refractivity contribution in [1.82, 2.24) is 14.5 Å². The van der Waals surface area contributed by atoms with E-state index >= 15 is 0 Å². The highest BCUT2D eigenvalue weighted by molar-refractivity contribution is 6.31. The second-order valence-corrected chi connectivity index (χ2v) is 4.73. The van der Waals surface area contributed by atoms with Gasteiger partial charge in [-0.05, 0) is 37.3 Å². The molecule has 2 N–H and O–H groups in total. The molecule has 19 heavy (non-hydrogen) atoms. The van der Waals surface area contributed by atoms with E-state index in [1.54, 1.807) is 6.20 Å². The van der Waals surface area contributed by atoms with E-state index in [-0.39, 0.29) is 0 Å². The van der Waals surface area contributed by atoms with Crippen LogP contribution in [0.15, 0.2) is 36.5 Å². The summed E-state index contributed by atoms with van der Waals surface area (Å²) in [4.78, 5) is 8.95. The maximum absolute atomic E-state index is 6.01. The number of hydrogen-bond donors (Lipinski definition) is 1. The number of benzene rings is 1. The summed E-state index contributed by atoms with van der Waals surface area (Å²) in [6.07, 6.45) is 1.64. The zero-order chi connectivity index (χ0) is 13.4. The Morgan fingerprint density at radius 1 is 1.26 bits per heavy atom. The van der Waals surface area contributed by atoms with E-state index in [4.69, 9.17) is 17.3 Å². The van der Waals surface area contributed by atoms with E-state index in [9.17, 15) is 0 Å². The lowest BCUT2D eigenvalue weighted by atomic mass is 10.3. The van der Waals surface area contributed by atoms with E-state index in [1.165, 1.54) is 0 Å². The number of aryl methyl sites for hydroxylation is 1. The van der Waals surface area contributed by atoms with Gasteiger partial charge in [-0.3, -0.25) is 4.98 Å². The van der Waals surface area contributed by atoms with Gasteiger partial charge < -0.3 is 10.3 Å². The lowest BCUT2D eigenvalue weighted by molar-refractivity contribution is 0.793. The molecule has 3 rings (SSSR count). The zero-order valence-electron chi connectivity index (χ0n) is 10.5. The summed E-state index contributed by atoms with van der Waals surface area (Å²) in [6, 6.07) is 9.43. The summed E-state index contributed by atoms with van der Waals surface area (Å²) in [5.41, 5.74) is 9.05. The average Bonchev–Trinajstić information content (AvgIpc) is 2.77. The van der Waals surface area contributed by atoms with Crippen LogP contribution in [0.1, 0.15) is 6.92 Å². The number of hydrogen-bond acceptors (Lipinski definition) is 3. The number of halogens is 1. The fourth-order valence-corrected chi connectivity index (χ4v) is 2.32. The number of rotatable bonds is 2.